The number of halogens is 4. The molecule has 0 bridgehead atoms. The van der Waals surface area contributed by atoms with Crippen molar-refractivity contribution >= 4 is 52.8 Å². The Morgan fingerprint density at radius 2 is 1.65 bits per heavy atom. The molecule has 0 unspecified atom stereocenters. The van der Waals surface area contributed by atoms with Gasteiger partial charge in [-0.05, 0) is 130 Å². The number of aromatic nitrogens is 2. The standard InChI is InChI=1S/C28H24F3IN2O3.C9H11BO/c1-2-36-27(35)26-25(32)22-15-17(23-13-8-18(16-33-23)28(29,30)31)7-14-24(22)34(26)19-9-11-21(12-10-19)37-20-5-3-4-6-20;1-7(2)11-9-5-3-8(10)4-6-9/h7-16,20H,2-6H2,1H3;3-7H,1-2H3. The van der Waals surface area contributed by atoms with Gasteiger partial charge in [-0.2, -0.15) is 13.2 Å². The number of pyridine rings is 1. The molecule has 2 heterocycles. The first kappa shape index (κ1) is 35.3. The number of hydrogen-bond donors (Lipinski definition) is 0. The number of nitrogens with zero attached hydrogens (tertiary/aromatic N) is 2. The fourth-order valence-electron chi connectivity index (χ4n) is 5.48. The number of rotatable bonds is 8. The van der Waals surface area contributed by atoms with Gasteiger partial charge in [0.1, 0.15) is 25.0 Å². The highest BCUT2D eigenvalue weighted by atomic mass is 127. The zero-order valence-corrected chi connectivity index (χ0v) is 29.0. The van der Waals surface area contributed by atoms with Crippen LogP contribution in [0.4, 0.5) is 13.2 Å². The third-order valence-corrected chi connectivity index (χ3v) is 8.80. The lowest BCUT2D eigenvalue weighted by Crippen LogP contribution is -2.13. The Hall–Kier alpha value is -4.00. The van der Waals surface area contributed by atoms with Crippen molar-refractivity contribution in [3.8, 4) is 28.4 Å². The van der Waals surface area contributed by atoms with Crippen molar-refractivity contribution in [2.45, 2.75) is 64.8 Å². The van der Waals surface area contributed by atoms with Crippen molar-refractivity contribution in [2.75, 3.05) is 6.61 Å². The van der Waals surface area contributed by atoms with Crippen LogP contribution in [0, 0.1) is 3.57 Å². The summed E-state index contributed by atoms with van der Waals surface area (Å²) in [6.45, 7) is 5.97. The summed E-state index contributed by atoms with van der Waals surface area (Å²) in [6.07, 6.45) is 1.33. The molecule has 1 fully saturated rings. The van der Waals surface area contributed by atoms with Gasteiger partial charge in [-0.1, -0.05) is 23.7 Å². The molecule has 248 valence electrons. The average Bonchev–Trinajstić information content (AvgIpc) is 3.68. The number of carbonyl (C=O) groups is 1. The van der Waals surface area contributed by atoms with Gasteiger partial charge in [-0.25, -0.2) is 4.79 Å². The first-order chi connectivity index (χ1) is 22.9. The lowest BCUT2D eigenvalue weighted by Gasteiger charge is -2.15. The van der Waals surface area contributed by atoms with E-state index in [1.165, 1.54) is 18.9 Å². The molecule has 2 radical (unpaired) electrons. The summed E-state index contributed by atoms with van der Waals surface area (Å²) < 4.78 is 58.3. The second kappa shape index (κ2) is 15.5. The van der Waals surface area contributed by atoms with Crippen molar-refractivity contribution in [1.29, 1.82) is 0 Å². The first-order valence-electron chi connectivity index (χ1n) is 15.8. The SMILES string of the molecule is CCOC(=O)c1c(I)c2cc(-c3ccc(C(F)(F)F)cn3)ccc2n1-c1ccc(OC2CCCC2)cc1.[B]c1ccc(OC(C)C)cc1. The second-order valence-corrected chi connectivity index (χ2v) is 12.7. The highest BCUT2D eigenvalue weighted by Gasteiger charge is 2.31. The fourth-order valence-corrected chi connectivity index (χ4v) is 6.38. The highest BCUT2D eigenvalue weighted by Crippen LogP contribution is 2.36. The van der Waals surface area contributed by atoms with Gasteiger partial charge in [0.15, 0.2) is 0 Å². The van der Waals surface area contributed by atoms with Crippen molar-refractivity contribution in [3.05, 3.63) is 99.9 Å². The van der Waals surface area contributed by atoms with Crippen LogP contribution in [0.2, 0.25) is 0 Å². The molecule has 2 aromatic heterocycles. The summed E-state index contributed by atoms with van der Waals surface area (Å²) in [7, 11) is 5.50. The molecule has 0 atom stereocenters. The van der Waals surface area contributed by atoms with Gasteiger partial charge >= 0.3 is 12.1 Å². The Morgan fingerprint density at radius 3 is 2.23 bits per heavy atom. The number of benzene rings is 3. The van der Waals surface area contributed by atoms with Gasteiger partial charge in [0, 0.05) is 22.8 Å². The number of alkyl halides is 3. The molecule has 0 saturated heterocycles. The van der Waals surface area contributed by atoms with Crippen molar-refractivity contribution in [1.82, 2.24) is 9.55 Å². The van der Waals surface area contributed by atoms with Crippen LogP contribution in [-0.2, 0) is 10.9 Å². The van der Waals surface area contributed by atoms with Gasteiger partial charge in [0.05, 0.1) is 39.2 Å². The van der Waals surface area contributed by atoms with E-state index in [0.717, 1.165) is 58.7 Å². The first-order valence-corrected chi connectivity index (χ1v) is 16.9. The molecule has 1 saturated carbocycles. The molecule has 0 spiro atoms. The summed E-state index contributed by atoms with van der Waals surface area (Å²) in [5.74, 6) is 1.20. The molecule has 1 aliphatic rings. The molecular weight excluding hydrogens is 731 g/mol. The third kappa shape index (κ3) is 8.53. The Kier molecular flexibility index (Phi) is 11.4. The minimum absolute atomic E-state index is 0.221. The average molecular weight is 766 g/mol. The largest absolute Gasteiger partial charge is 0.491 e. The van der Waals surface area contributed by atoms with Crippen LogP contribution in [0.5, 0.6) is 11.5 Å². The Labute approximate surface area is 293 Å². The van der Waals surface area contributed by atoms with Crippen LogP contribution in [-0.4, -0.2) is 42.2 Å². The second-order valence-electron chi connectivity index (χ2n) is 11.6. The quantitative estimate of drug-likeness (QED) is 0.0897. The monoisotopic (exact) mass is 766 g/mol. The maximum absolute atomic E-state index is 13.0. The Bertz CT molecular complexity index is 1840. The van der Waals surface area contributed by atoms with Gasteiger partial charge in [0.2, 0.25) is 0 Å². The molecule has 0 N–H and O–H groups in total. The van der Waals surface area contributed by atoms with Crippen LogP contribution >= 0.6 is 22.6 Å². The molecule has 0 amide bonds. The van der Waals surface area contributed by atoms with Crippen molar-refractivity contribution < 1.29 is 32.2 Å². The Balaban J connectivity index is 0.000000349. The molecule has 3 aromatic carbocycles. The third-order valence-electron chi connectivity index (χ3n) is 7.71. The molecular formula is C37H35BF3IN2O4. The van der Waals surface area contributed by atoms with E-state index in [4.69, 9.17) is 22.1 Å². The molecule has 1 aliphatic carbocycles. The summed E-state index contributed by atoms with van der Waals surface area (Å²) in [5.41, 5.74) is 2.95. The summed E-state index contributed by atoms with van der Waals surface area (Å²) in [6, 6.07) is 22.9. The smallest absolute Gasteiger partial charge is 0.417 e. The fraction of sp³-hybridized carbons (Fsp3) is 0.297. The molecule has 6 nitrogen and oxygen atoms in total. The van der Waals surface area contributed by atoms with E-state index >= 15 is 0 Å². The minimum atomic E-state index is -4.45. The maximum Gasteiger partial charge on any atom is 0.417 e. The van der Waals surface area contributed by atoms with E-state index in [1.54, 1.807) is 13.0 Å². The maximum atomic E-state index is 13.0. The predicted octanol–water partition coefficient (Wildman–Crippen LogP) is 9.08. The molecule has 48 heavy (non-hydrogen) atoms. The van der Waals surface area contributed by atoms with Gasteiger partial charge < -0.3 is 18.8 Å². The van der Waals surface area contributed by atoms with Crippen LogP contribution in [0.25, 0.3) is 27.8 Å². The van der Waals surface area contributed by atoms with E-state index in [2.05, 4.69) is 27.6 Å². The van der Waals surface area contributed by atoms with E-state index in [1.807, 2.05) is 79.1 Å². The predicted molar refractivity (Wildman–Crippen MR) is 191 cm³/mol. The van der Waals surface area contributed by atoms with E-state index < -0.39 is 17.7 Å². The normalized spacial score (nSPS) is 13.3. The van der Waals surface area contributed by atoms with Crippen LogP contribution in [0.15, 0.2) is 85.1 Å². The zero-order valence-electron chi connectivity index (χ0n) is 26.9. The number of fused-ring (bicyclic) bond motifs is 1. The van der Waals surface area contributed by atoms with Crippen molar-refractivity contribution in [2.24, 2.45) is 0 Å². The van der Waals surface area contributed by atoms with E-state index in [9.17, 15) is 18.0 Å². The van der Waals surface area contributed by atoms with Crippen molar-refractivity contribution in [3.63, 3.8) is 0 Å². The van der Waals surface area contributed by atoms with Gasteiger partial charge in [0.25, 0.3) is 0 Å². The van der Waals surface area contributed by atoms with E-state index in [0.29, 0.717) is 20.5 Å². The summed E-state index contributed by atoms with van der Waals surface area (Å²) >= 11 is 2.12. The van der Waals surface area contributed by atoms with Crippen LogP contribution in [0.1, 0.15) is 62.5 Å². The zero-order chi connectivity index (χ0) is 34.4. The summed E-state index contributed by atoms with van der Waals surface area (Å²) in [4.78, 5) is 17.0. The number of hydrogen-bond acceptors (Lipinski definition) is 5. The molecule has 0 aliphatic heterocycles. The highest BCUT2D eigenvalue weighted by molar-refractivity contribution is 14.1. The lowest BCUT2D eigenvalue weighted by atomic mass is 9.97. The molecule has 6 rings (SSSR count). The number of esters is 1. The molecule has 11 heteroatoms. The van der Waals surface area contributed by atoms with Gasteiger partial charge in [-0.3, -0.25) is 4.98 Å². The molecule has 5 aromatic rings. The van der Waals surface area contributed by atoms with Crippen LogP contribution < -0.4 is 14.9 Å². The lowest BCUT2D eigenvalue weighted by molar-refractivity contribution is -0.137. The Morgan fingerprint density at radius 1 is 0.979 bits per heavy atom. The topological polar surface area (TPSA) is 62.6 Å². The number of ether oxygens (including phenoxy) is 3. The van der Waals surface area contributed by atoms with Gasteiger partial charge in [-0.15, -0.1) is 0 Å². The number of carbonyl (C=O) groups excluding carboxylic acids is 1. The minimum Gasteiger partial charge on any atom is -0.491 e. The van der Waals surface area contributed by atoms with E-state index in [-0.39, 0.29) is 18.8 Å². The summed E-state index contributed by atoms with van der Waals surface area (Å²) in [5, 5.41) is 0.772. The van der Waals surface area contributed by atoms with Crippen LogP contribution in [0.3, 0.4) is 0 Å².